The lowest BCUT2D eigenvalue weighted by Crippen LogP contribution is -2.23. The molecule has 0 atom stereocenters. The average molecular weight is 310 g/mol. The van der Waals surface area contributed by atoms with Crippen LogP contribution in [-0.2, 0) is 9.59 Å². The Morgan fingerprint density at radius 1 is 0.955 bits per heavy atom. The maximum Gasteiger partial charge on any atom is 0.339 e. The van der Waals surface area contributed by atoms with E-state index >= 15 is 0 Å². The van der Waals surface area contributed by atoms with Crippen molar-refractivity contribution >= 4 is 17.9 Å². The van der Waals surface area contributed by atoms with Gasteiger partial charge in [0.25, 0.3) is 0 Å². The zero-order valence-electron chi connectivity index (χ0n) is 11.9. The van der Waals surface area contributed by atoms with Gasteiger partial charge in [-0.15, -0.1) is 0 Å². The fraction of sp³-hybridized carbons (Fsp3) is 0.400. The SMILES string of the molecule is O=C(O)c1ccccc1OCCCCCC(C(=O)O)C(=O)O. The molecule has 0 aliphatic heterocycles. The van der Waals surface area contributed by atoms with Crippen LogP contribution in [0.4, 0.5) is 0 Å². The molecule has 0 aromatic heterocycles. The zero-order chi connectivity index (χ0) is 16.5. The first kappa shape index (κ1) is 17.5. The van der Waals surface area contributed by atoms with E-state index in [0.29, 0.717) is 19.3 Å². The van der Waals surface area contributed by atoms with Gasteiger partial charge in [-0.25, -0.2) is 4.79 Å². The van der Waals surface area contributed by atoms with Gasteiger partial charge in [-0.3, -0.25) is 9.59 Å². The standard InChI is InChI=1S/C15H18O7/c16-13(17)10-6-3-4-8-12(10)22-9-5-1-2-7-11(14(18)19)15(20)21/h3-4,6,8,11H,1-2,5,7,9H2,(H,16,17)(H,18,19)(H,20,21). The van der Waals surface area contributed by atoms with E-state index in [1.807, 2.05) is 0 Å². The van der Waals surface area contributed by atoms with Crippen molar-refractivity contribution < 1.29 is 34.4 Å². The Kier molecular flexibility index (Phi) is 6.88. The van der Waals surface area contributed by atoms with Crippen LogP contribution in [0.25, 0.3) is 0 Å². The van der Waals surface area contributed by atoms with Crippen LogP contribution in [0.15, 0.2) is 24.3 Å². The maximum absolute atomic E-state index is 11.0. The lowest BCUT2D eigenvalue weighted by Gasteiger charge is -2.09. The maximum atomic E-state index is 11.0. The summed E-state index contributed by atoms with van der Waals surface area (Å²) < 4.78 is 5.39. The molecule has 0 saturated carbocycles. The second-order valence-corrected chi connectivity index (χ2v) is 4.73. The summed E-state index contributed by atoms with van der Waals surface area (Å²) in [7, 11) is 0. The van der Waals surface area contributed by atoms with Gasteiger partial charge in [0.1, 0.15) is 11.3 Å². The van der Waals surface area contributed by atoms with Crippen molar-refractivity contribution in [3.05, 3.63) is 29.8 Å². The molecule has 120 valence electrons. The van der Waals surface area contributed by atoms with E-state index < -0.39 is 23.8 Å². The molecule has 0 amide bonds. The lowest BCUT2D eigenvalue weighted by molar-refractivity contribution is -0.154. The van der Waals surface area contributed by atoms with E-state index in [9.17, 15) is 14.4 Å². The molecular weight excluding hydrogens is 292 g/mol. The van der Waals surface area contributed by atoms with Crippen LogP contribution in [0.3, 0.4) is 0 Å². The van der Waals surface area contributed by atoms with Crippen molar-refractivity contribution in [2.24, 2.45) is 5.92 Å². The van der Waals surface area contributed by atoms with Crippen molar-refractivity contribution in [2.45, 2.75) is 25.7 Å². The van der Waals surface area contributed by atoms with Crippen molar-refractivity contribution in [3.8, 4) is 5.75 Å². The summed E-state index contributed by atoms with van der Waals surface area (Å²) >= 11 is 0. The first-order valence-corrected chi connectivity index (χ1v) is 6.84. The van der Waals surface area contributed by atoms with Gasteiger partial charge in [0.15, 0.2) is 5.92 Å². The minimum Gasteiger partial charge on any atom is -0.493 e. The number of rotatable bonds is 10. The molecule has 1 aromatic rings. The van der Waals surface area contributed by atoms with Gasteiger partial charge in [0.2, 0.25) is 0 Å². The lowest BCUT2D eigenvalue weighted by atomic mass is 10.0. The normalized spacial score (nSPS) is 10.4. The summed E-state index contributed by atoms with van der Waals surface area (Å²) in [4.78, 5) is 32.3. The molecule has 3 N–H and O–H groups in total. The molecule has 0 aliphatic carbocycles. The van der Waals surface area contributed by atoms with Gasteiger partial charge in [0, 0.05) is 0 Å². The number of hydrogen-bond donors (Lipinski definition) is 3. The largest absolute Gasteiger partial charge is 0.493 e. The van der Waals surface area contributed by atoms with Gasteiger partial charge in [0.05, 0.1) is 6.61 Å². The smallest absolute Gasteiger partial charge is 0.339 e. The van der Waals surface area contributed by atoms with E-state index in [4.69, 9.17) is 20.1 Å². The van der Waals surface area contributed by atoms with Crippen LogP contribution in [0.5, 0.6) is 5.75 Å². The molecule has 1 rings (SSSR count). The van der Waals surface area contributed by atoms with Crippen LogP contribution in [0.2, 0.25) is 0 Å². The Morgan fingerprint density at radius 3 is 2.18 bits per heavy atom. The molecule has 0 saturated heterocycles. The number of aliphatic carboxylic acids is 2. The van der Waals surface area contributed by atoms with E-state index in [0.717, 1.165) is 0 Å². The number of para-hydroxylation sites is 1. The molecule has 7 heteroatoms. The van der Waals surface area contributed by atoms with Gasteiger partial charge in [-0.2, -0.15) is 0 Å². The Morgan fingerprint density at radius 2 is 1.59 bits per heavy atom. The number of carboxylic acids is 3. The van der Waals surface area contributed by atoms with Crippen molar-refractivity contribution in [2.75, 3.05) is 6.61 Å². The predicted molar refractivity (Wildman–Crippen MR) is 76.1 cm³/mol. The van der Waals surface area contributed by atoms with Crippen molar-refractivity contribution in [1.29, 1.82) is 0 Å². The van der Waals surface area contributed by atoms with Crippen LogP contribution >= 0.6 is 0 Å². The van der Waals surface area contributed by atoms with Crippen LogP contribution in [-0.4, -0.2) is 39.8 Å². The fourth-order valence-electron chi connectivity index (χ4n) is 1.93. The van der Waals surface area contributed by atoms with Crippen molar-refractivity contribution in [3.63, 3.8) is 0 Å². The van der Waals surface area contributed by atoms with Crippen LogP contribution in [0.1, 0.15) is 36.0 Å². The highest BCUT2D eigenvalue weighted by Crippen LogP contribution is 2.18. The van der Waals surface area contributed by atoms with Crippen molar-refractivity contribution in [1.82, 2.24) is 0 Å². The molecule has 0 spiro atoms. The molecule has 1 aromatic carbocycles. The monoisotopic (exact) mass is 310 g/mol. The number of benzene rings is 1. The van der Waals surface area contributed by atoms with Crippen LogP contribution in [0, 0.1) is 5.92 Å². The molecular formula is C15H18O7. The number of unbranched alkanes of at least 4 members (excludes halogenated alkanes) is 2. The quantitative estimate of drug-likeness (QED) is 0.447. The highest BCUT2D eigenvalue weighted by atomic mass is 16.5. The van der Waals surface area contributed by atoms with E-state index in [1.165, 1.54) is 6.07 Å². The minimum absolute atomic E-state index is 0.0659. The summed E-state index contributed by atoms with van der Waals surface area (Å²) in [5.74, 6) is -4.84. The number of carboxylic acid groups (broad SMARTS) is 3. The van der Waals surface area contributed by atoms with Gasteiger partial charge < -0.3 is 20.1 Å². The third-order valence-corrected chi connectivity index (χ3v) is 3.11. The molecule has 22 heavy (non-hydrogen) atoms. The fourth-order valence-corrected chi connectivity index (χ4v) is 1.93. The first-order valence-electron chi connectivity index (χ1n) is 6.84. The molecule has 0 radical (unpaired) electrons. The van der Waals surface area contributed by atoms with Crippen LogP contribution < -0.4 is 4.74 Å². The average Bonchev–Trinajstić information content (AvgIpc) is 2.45. The predicted octanol–water partition coefficient (Wildman–Crippen LogP) is 2.11. The molecule has 0 heterocycles. The Hall–Kier alpha value is -2.57. The second-order valence-electron chi connectivity index (χ2n) is 4.73. The summed E-state index contributed by atoms with van der Waals surface area (Å²) in [5.41, 5.74) is 0.0827. The van der Waals surface area contributed by atoms with E-state index in [2.05, 4.69) is 0 Å². The topological polar surface area (TPSA) is 121 Å². The van der Waals surface area contributed by atoms with Gasteiger partial charge in [-0.05, 0) is 25.0 Å². The Bertz CT molecular complexity index is 524. The summed E-state index contributed by atoms with van der Waals surface area (Å²) in [6.07, 6.45) is 1.70. The number of ether oxygens (including phenoxy) is 1. The number of carbonyl (C=O) groups is 3. The molecule has 0 aliphatic rings. The number of hydrogen-bond acceptors (Lipinski definition) is 4. The molecule has 0 fully saturated rings. The Labute approximate surface area is 127 Å². The molecule has 0 bridgehead atoms. The highest BCUT2D eigenvalue weighted by molar-refractivity contribution is 5.92. The van der Waals surface area contributed by atoms with Gasteiger partial charge >= 0.3 is 17.9 Å². The third-order valence-electron chi connectivity index (χ3n) is 3.11. The van der Waals surface area contributed by atoms with E-state index in [-0.39, 0.29) is 24.3 Å². The summed E-state index contributed by atoms with van der Waals surface area (Å²) in [6.45, 7) is 0.287. The minimum atomic E-state index is -1.38. The second kappa shape index (κ2) is 8.66. The summed E-state index contributed by atoms with van der Waals surface area (Å²) in [5, 5.41) is 26.4. The molecule has 0 unspecified atom stereocenters. The van der Waals surface area contributed by atoms with Gasteiger partial charge in [-0.1, -0.05) is 25.0 Å². The first-order chi connectivity index (χ1) is 10.4. The molecule has 7 nitrogen and oxygen atoms in total. The summed E-state index contributed by atoms with van der Waals surface area (Å²) in [6, 6.07) is 6.29. The Balaban J connectivity index is 2.31. The highest BCUT2D eigenvalue weighted by Gasteiger charge is 2.24. The third kappa shape index (κ3) is 5.43. The van der Waals surface area contributed by atoms with E-state index in [1.54, 1.807) is 18.2 Å². The number of aromatic carboxylic acids is 1. The zero-order valence-corrected chi connectivity index (χ0v) is 11.9.